The second-order valence-corrected chi connectivity index (χ2v) is 4.93. The van der Waals surface area contributed by atoms with Crippen molar-refractivity contribution < 1.29 is 9.47 Å². The SMILES string of the molecule is C[C@@H]1C[C@H](C)OC(c2ccc(Br)cc2)O1. The van der Waals surface area contributed by atoms with E-state index in [-0.39, 0.29) is 18.5 Å². The highest BCUT2D eigenvalue weighted by Gasteiger charge is 2.25. The Balaban J connectivity index is 2.12. The van der Waals surface area contributed by atoms with Crippen molar-refractivity contribution >= 4 is 15.9 Å². The van der Waals surface area contributed by atoms with Gasteiger partial charge in [-0.05, 0) is 32.4 Å². The third-order valence-corrected chi connectivity index (χ3v) is 3.05. The van der Waals surface area contributed by atoms with Gasteiger partial charge in [0.1, 0.15) is 0 Å². The second kappa shape index (κ2) is 4.64. The lowest BCUT2D eigenvalue weighted by Gasteiger charge is -2.32. The highest BCUT2D eigenvalue weighted by atomic mass is 79.9. The summed E-state index contributed by atoms with van der Waals surface area (Å²) >= 11 is 3.41. The summed E-state index contributed by atoms with van der Waals surface area (Å²) in [6.07, 6.45) is 1.29. The van der Waals surface area contributed by atoms with Crippen LogP contribution in [0.3, 0.4) is 0 Å². The van der Waals surface area contributed by atoms with Gasteiger partial charge in [0.15, 0.2) is 6.29 Å². The maximum Gasteiger partial charge on any atom is 0.184 e. The first-order chi connectivity index (χ1) is 7.15. The molecule has 1 aromatic carbocycles. The van der Waals surface area contributed by atoms with E-state index in [9.17, 15) is 0 Å². The van der Waals surface area contributed by atoms with Gasteiger partial charge in [-0.3, -0.25) is 0 Å². The van der Waals surface area contributed by atoms with Crippen LogP contribution in [0.25, 0.3) is 0 Å². The van der Waals surface area contributed by atoms with Gasteiger partial charge in [0.05, 0.1) is 12.2 Å². The molecular formula is C12H15BrO2. The molecule has 0 N–H and O–H groups in total. The molecule has 1 aliphatic heterocycles. The smallest absolute Gasteiger partial charge is 0.184 e. The fourth-order valence-electron chi connectivity index (χ4n) is 1.81. The largest absolute Gasteiger partial charge is 0.345 e. The van der Waals surface area contributed by atoms with Crippen LogP contribution >= 0.6 is 15.9 Å². The average molecular weight is 271 g/mol. The maximum atomic E-state index is 5.75. The van der Waals surface area contributed by atoms with E-state index < -0.39 is 0 Å². The predicted molar refractivity (Wildman–Crippen MR) is 62.6 cm³/mol. The van der Waals surface area contributed by atoms with E-state index in [4.69, 9.17) is 9.47 Å². The van der Waals surface area contributed by atoms with E-state index in [1.54, 1.807) is 0 Å². The molecule has 0 radical (unpaired) electrons. The fraction of sp³-hybridized carbons (Fsp3) is 0.500. The Morgan fingerprint density at radius 1 is 1.07 bits per heavy atom. The Bertz CT molecular complexity index is 313. The molecule has 0 saturated carbocycles. The van der Waals surface area contributed by atoms with Crippen molar-refractivity contribution in [1.82, 2.24) is 0 Å². The van der Waals surface area contributed by atoms with Crippen LogP contribution in [0.15, 0.2) is 28.7 Å². The summed E-state index contributed by atoms with van der Waals surface area (Å²) in [5.74, 6) is 0. The summed E-state index contributed by atoms with van der Waals surface area (Å²) in [4.78, 5) is 0. The minimum absolute atomic E-state index is 0.211. The van der Waals surface area contributed by atoms with Gasteiger partial charge in [-0.25, -0.2) is 0 Å². The van der Waals surface area contributed by atoms with Crippen LogP contribution in [0.4, 0.5) is 0 Å². The van der Waals surface area contributed by atoms with Crippen LogP contribution in [0.2, 0.25) is 0 Å². The van der Waals surface area contributed by atoms with E-state index >= 15 is 0 Å². The molecule has 3 heteroatoms. The Morgan fingerprint density at radius 2 is 1.60 bits per heavy atom. The summed E-state index contributed by atoms with van der Waals surface area (Å²) < 4.78 is 12.6. The van der Waals surface area contributed by atoms with Crippen molar-refractivity contribution in [1.29, 1.82) is 0 Å². The number of hydrogen-bond acceptors (Lipinski definition) is 2. The number of rotatable bonds is 1. The van der Waals surface area contributed by atoms with Gasteiger partial charge in [0, 0.05) is 10.0 Å². The van der Waals surface area contributed by atoms with E-state index in [1.165, 1.54) is 0 Å². The third kappa shape index (κ3) is 2.80. The Kier molecular flexibility index (Phi) is 3.44. The third-order valence-electron chi connectivity index (χ3n) is 2.52. The van der Waals surface area contributed by atoms with Crippen LogP contribution in [0.5, 0.6) is 0 Å². The summed E-state index contributed by atoms with van der Waals surface area (Å²) in [6.45, 7) is 4.18. The van der Waals surface area contributed by atoms with E-state index in [0.717, 1.165) is 16.5 Å². The molecule has 0 bridgehead atoms. The van der Waals surface area contributed by atoms with E-state index in [0.29, 0.717) is 0 Å². The van der Waals surface area contributed by atoms with E-state index in [1.807, 2.05) is 24.3 Å². The van der Waals surface area contributed by atoms with Gasteiger partial charge < -0.3 is 9.47 Å². The van der Waals surface area contributed by atoms with Crippen molar-refractivity contribution in [3.8, 4) is 0 Å². The van der Waals surface area contributed by atoms with Crippen LogP contribution in [0, 0.1) is 0 Å². The molecule has 1 heterocycles. The number of benzene rings is 1. The summed E-state index contributed by atoms with van der Waals surface area (Å²) in [5.41, 5.74) is 1.08. The molecule has 1 unspecified atom stereocenters. The first kappa shape index (κ1) is 11.1. The lowest BCUT2D eigenvalue weighted by atomic mass is 10.1. The number of ether oxygens (including phenoxy) is 2. The topological polar surface area (TPSA) is 18.5 Å². The monoisotopic (exact) mass is 270 g/mol. The molecule has 1 aromatic rings. The van der Waals surface area contributed by atoms with Crippen molar-refractivity contribution in [3.63, 3.8) is 0 Å². The molecule has 3 atom stereocenters. The first-order valence-corrected chi connectivity index (χ1v) is 6.01. The van der Waals surface area contributed by atoms with Crippen molar-refractivity contribution in [2.75, 3.05) is 0 Å². The molecular weight excluding hydrogens is 256 g/mol. The first-order valence-electron chi connectivity index (χ1n) is 5.21. The fourth-order valence-corrected chi connectivity index (χ4v) is 2.07. The second-order valence-electron chi connectivity index (χ2n) is 4.01. The molecule has 15 heavy (non-hydrogen) atoms. The molecule has 2 rings (SSSR count). The molecule has 1 aliphatic rings. The molecule has 2 nitrogen and oxygen atoms in total. The lowest BCUT2D eigenvalue weighted by molar-refractivity contribution is -0.239. The Morgan fingerprint density at radius 3 is 2.13 bits per heavy atom. The zero-order valence-corrected chi connectivity index (χ0v) is 10.5. The Hall–Kier alpha value is -0.380. The molecule has 0 aliphatic carbocycles. The van der Waals surface area contributed by atoms with Gasteiger partial charge >= 0.3 is 0 Å². The molecule has 82 valence electrons. The zero-order chi connectivity index (χ0) is 10.8. The summed E-state index contributed by atoms with van der Waals surface area (Å²) in [5, 5.41) is 0. The zero-order valence-electron chi connectivity index (χ0n) is 8.94. The van der Waals surface area contributed by atoms with Crippen molar-refractivity contribution in [2.45, 2.75) is 38.8 Å². The van der Waals surface area contributed by atoms with Crippen LogP contribution < -0.4 is 0 Å². The van der Waals surface area contributed by atoms with Gasteiger partial charge in [-0.2, -0.15) is 0 Å². The standard InChI is InChI=1S/C12H15BrO2/c1-8-7-9(2)15-12(14-8)10-3-5-11(13)6-4-10/h3-6,8-9,12H,7H2,1-2H3/t8-,9+,12?. The lowest BCUT2D eigenvalue weighted by Crippen LogP contribution is -2.30. The summed E-state index contributed by atoms with van der Waals surface area (Å²) in [6, 6.07) is 8.07. The van der Waals surface area contributed by atoms with Crippen LogP contribution in [-0.4, -0.2) is 12.2 Å². The number of halogens is 1. The van der Waals surface area contributed by atoms with Gasteiger partial charge in [-0.15, -0.1) is 0 Å². The van der Waals surface area contributed by atoms with Gasteiger partial charge in [0.2, 0.25) is 0 Å². The quantitative estimate of drug-likeness (QED) is 0.776. The maximum absolute atomic E-state index is 5.75. The minimum Gasteiger partial charge on any atom is -0.345 e. The molecule has 0 aromatic heterocycles. The predicted octanol–water partition coefficient (Wildman–Crippen LogP) is 3.66. The normalized spacial score (nSPS) is 31.5. The van der Waals surface area contributed by atoms with Gasteiger partial charge in [-0.1, -0.05) is 28.1 Å². The molecule has 0 amide bonds. The average Bonchev–Trinajstić information content (AvgIpc) is 2.17. The van der Waals surface area contributed by atoms with E-state index in [2.05, 4.69) is 29.8 Å². The van der Waals surface area contributed by atoms with Crippen LogP contribution in [-0.2, 0) is 9.47 Å². The van der Waals surface area contributed by atoms with Crippen LogP contribution in [0.1, 0.15) is 32.1 Å². The molecule has 1 saturated heterocycles. The van der Waals surface area contributed by atoms with Gasteiger partial charge in [0.25, 0.3) is 0 Å². The van der Waals surface area contributed by atoms with Crippen molar-refractivity contribution in [3.05, 3.63) is 34.3 Å². The highest BCUT2D eigenvalue weighted by molar-refractivity contribution is 9.10. The summed E-state index contributed by atoms with van der Waals surface area (Å²) in [7, 11) is 0. The molecule has 1 fully saturated rings. The minimum atomic E-state index is -0.211. The Labute approximate surface area is 98.7 Å². The molecule has 0 spiro atoms. The highest BCUT2D eigenvalue weighted by Crippen LogP contribution is 2.29. The number of hydrogen-bond donors (Lipinski definition) is 0. The van der Waals surface area contributed by atoms with Crippen molar-refractivity contribution in [2.24, 2.45) is 0 Å².